The largest absolute Gasteiger partial charge is 0.317 e. The summed E-state index contributed by atoms with van der Waals surface area (Å²) >= 11 is 0. The first-order valence-corrected chi connectivity index (χ1v) is 9.64. The summed E-state index contributed by atoms with van der Waals surface area (Å²) in [5.41, 5.74) is 2.29. The van der Waals surface area contributed by atoms with Crippen molar-refractivity contribution in [1.29, 1.82) is 0 Å². The van der Waals surface area contributed by atoms with Gasteiger partial charge in [-0.25, -0.2) is 9.37 Å². The highest BCUT2D eigenvalue weighted by Gasteiger charge is 2.39. The van der Waals surface area contributed by atoms with Crippen molar-refractivity contribution >= 4 is 10.9 Å². The van der Waals surface area contributed by atoms with E-state index in [1.165, 1.54) is 12.1 Å². The predicted molar refractivity (Wildman–Crippen MR) is 107 cm³/mol. The molecule has 3 heterocycles. The van der Waals surface area contributed by atoms with Gasteiger partial charge >= 0.3 is 0 Å². The van der Waals surface area contributed by atoms with E-state index in [2.05, 4.69) is 17.2 Å². The average Bonchev–Trinajstić information content (AvgIpc) is 3.04. The van der Waals surface area contributed by atoms with Crippen LogP contribution in [0.4, 0.5) is 4.39 Å². The highest BCUT2D eigenvalue weighted by Crippen LogP contribution is 2.38. The monoisotopic (exact) mass is 373 g/mol. The number of piperidine rings is 1. The normalized spacial score (nSPS) is 17.3. The number of hydrogen-bond donors (Lipinski definition) is 1. The second-order valence-electron chi connectivity index (χ2n) is 7.84. The fraction of sp³-hybridized carbons (Fsp3) is 0.304. The molecule has 0 bridgehead atoms. The first-order valence-electron chi connectivity index (χ1n) is 9.64. The first kappa shape index (κ1) is 17.2. The van der Waals surface area contributed by atoms with E-state index in [0.29, 0.717) is 16.5 Å². The Morgan fingerprint density at radius 1 is 1.07 bits per heavy atom. The molecule has 5 rings (SSSR count). The number of hydrogen-bond acceptors (Lipinski definition) is 3. The highest BCUT2D eigenvalue weighted by molar-refractivity contribution is 5.79. The van der Waals surface area contributed by atoms with Gasteiger partial charge in [0.05, 0.1) is 10.9 Å². The summed E-state index contributed by atoms with van der Waals surface area (Å²) < 4.78 is 15.2. The van der Waals surface area contributed by atoms with Crippen LogP contribution in [0.2, 0.25) is 0 Å². The quantitative estimate of drug-likeness (QED) is 0.617. The molecule has 0 radical (unpaired) electrons. The number of benzene rings is 2. The maximum absolute atomic E-state index is 13.3. The zero-order valence-corrected chi connectivity index (χ0v) is 15.5. The summed E-state index contributed by atoms with van der Waals surface area (Å²) in [4.78, 5) is 17.8. The Morgan fingerprint density at radius 3 is 2.64 bits per heavy atom. The Hall–Kier alpha value is -2.97. The number of rotatable bonds is 0. The molecule has 0 atom stereocenters. The Labute approximate surface area is 162 Å². The van der Waals surface area contributed by atoms with Crippen molar-refractivity contribution in [2.45, 2.75) is 25.8 Å². The van der Waals surface area contributed by atoms with Crippen LogP contribution in [0.5, 0.6) is 0 Å². The molecule has 5 heteroatoms. The minimum Gasteiger partial charge on any atom is -0.317 e. The van der Waals surface area contributed by atoms with E-state index < -0.39 is 0 Å². The molecule has 4 nitrogen and oxygen atoms in total. The molecule has 0 unspecified atom stereocenters. The van der Waals surface area contributed by atoms with Crippen molar-refractivity contribution in [3.8, 4) is 11.8 Å². The van der Waals surface area contributed by atoms with Gasteiger partial charge in [-0.2, -0.15) is 0 Å². The van der Waals surface area contributed by atoms with Gasteiger partial charge in [0.25, 0.3) is 5.56 Å². The van der Waals surface area contributed by atoms with Gasteiger partial charge in [-0.15, -0.1) is 0 Å². The van der Waals surface area contributed by atoms with Crippen LogP contribution >= 0.6 is 0 Å². The van der Waals surface area contributed by atoms with E-state index >= 15 is 0 Å². The maximum atomic E-state index is 13.3. The van der Waals surface area contributed by atoms with Crippen molar-refractivity contribution in [3.63, 3.8) is 0 Å². The van der Waals surface area contributed by atoms with Gasteiger partial charge in [0.2, 0.25) is 0 Å². The van der Waals surface area contributed by atoms with E-state index in [4.69, 9.17) is 4.98 Å². The molecule has 0 saturated carbocycles. The van der Waals surface area contributed by atoms with Crippen LogP contribution in [-0.2, 0) is 13.0 Å². The smallest absolute Gasteiger partial charge is 0.261 e. The third-order valence-corrected chi connectivity index (χ3v) is 5.90. The van der Waals surface area contributed by atoms with Crippen molar-refractivity contribution in [1.82, 2.24) is 14.9 Å². The SMILES string of the molecule is O=c1c2ccc(C#Cc3cccc(F)c3)cc2nc2n1CC1(CCNCC1)C2. The Bertz CT molecular complexity index is 1200. The zero-order valence-electron chi connectivity index (χ0n) is 15.5. The van der Waals surface area contributed by atoms with Gasteiger partial charge in [-0.3, -0.25) is 9.36 Å². The molecule has 1 N–H and O–H groups in total. The van der Waals surface area contributed by atoms with Gasteiger partial charge < -0.3 is 5.32 Å². The van der Waals surface area contributed by atoms with E-state index in [9.17, 15) is 9.18 Å². The standard InChI is InChI=1S/C23H20FN3O/c24-18-3-1-2-16(12-18)4-5-17-6-7-19-20(13-17)26-21-14-23(8-10-25-11-9-23)15-27(21)22(19)28/h1-3,6-7,12-13,25H,8-11,14-15H2. The van der Waals surface area contributed by atoms with Crippen LogP contribution < -0.4 is 10.9 Å². The lowest BCUT2D eigenvalue weighted by Gasteiger charge is -2.32. The van der Waals surface area contributed by atoms with Gasteiger partial charge in [0.1, 0.15) is 11.6 Å². The zero-order chi connectivity index (χ0) is 19.1. The number of nitrogens with one attached hydrogen (secondary N) is 1. The third-order valence-electron chi connectivity index (χ3n) is 5.90. The summed E-state index contributed by atoms with van der Waals surface area (Å²) in [7, 11) is 0. The van der Waals surface area contributed by atoms with Crippen molar-refractivity contribution in [2.75, 3.05) is 13.1 Å². The van der Waals surface area contributed by atoms with Crippen LogP contribution in [0.3, 0.4) is 0 Å². The van der Waals surface area contributed by atoms with E-state index in [1.807, 2.05) is 16.7 Å². The van der Waals surface area contributed by atoms with E-state index in [1.54, 1.807) is 18.2 Å². The molecule has 28 heavy (non-hydrogen) atoms. The molecular weight excluding hydrogens is 353 g/mol. The Balaban J connectivity index is 1.52. The molecule has 1 saturated heterocycles. The van der Waals surface area contributed by atoms with E-state index in [0.717, 1.165) is 50.3 Å². The number of nitrogens with zero attached hydrogens (tertiary/aromatic N) is 2. The van der Waals surface area contributed by atoms with Crippen LogP contribution in [-0.4, -0.2) is 22.6 Å². The molecule has 3 aromatic rings. The van der Waals surface area contributed by atoms with Gasteiger partial charge in [0, 0.05) is 24.1 Å². The maximum Gasteiger partial charge on any atom is 0.261 e. The summed E-state index contributed by atoms with van der Waals surface area (Å²) in [6, 6.07) is 11.7. The topological polar surface area (TPSA) is 46.9 Å². The molecule has 2 aromatic carbocycles. The van der Waals surface area contributed by atoms with Gasteiger partial charge in [-0.05, 0) is 67.7 Å². The van der Waals surface area contributed by atoms with Crippen molar-refractivity contribution in [3.05, 3.63) is 75.6 Å². The predicted octanol–water partition coefficient (Wildman–Crippen LogP) is 2.86. The van der Waals surface area contributed by atoms with E-state index in [-0.39, 0.29) is 16.8 Å². The Morgan fingerprint density at radius 2 is 1.86 bits per heavy atom. The van der Waals surface area contributed by atoms with Crippen LogP contribution in [0, 0.1) is 23.1 Å². The molecule has 0 amide bonds. The molecule has 1 spiro atoms. The fourth-order valence-corrected chi connectivity index (χ4v) is 4.37. The summed E-state index contributed by atoms with van der Waals surface area (Å²) in [6.45, 7) is 2.77. The molecule has 2 aliphatic rings. The summed E-state index contributed by atoms with van der Waals surface area (Å²) in [5, 5.41) is 4.03. The first-order chi connectivity index (χ1) is 13.6. The van der Waals surface area contributed by atoms with Gasteiger partial charge in [0.15, 0.2) is 0 Å². The fourth-order valence-electron chi connectivity index (χ4n) is 4.37. The minimum atomic E-state index is -0.303. The lowest BCUT2D eigenvalue weighted by molar-refractivity contribution is 0.198. The third kappa shape index (κ3) is 3.00. The molecule has 1 fully saturated rings. The number of halogens is 1. The highest BCUT2D eigenvalue weighted by atomic mass is 19.1. The lowest BCUT2D eigenvalue weighted by Crippen LogP contribution is -2.38. The minimum absolute atomic E-state index is 0.0417. The second kappa shape index (κ2) is 6.57. The molecule has 1 aromatic heterocycles. The van der Waals surface area contributed by atoms with Crippen LogP contribution in [0.1, 0.15) is 29.8 Å². The lowest BCUT2D eigenvalue weighted by atomic mass is 9.78. The second-order valence-corrected chi connectivity index (χ2v) is 7.84. The summed E-state index contributed by atoms with van der Waals surface area (Å²) in [6.07, 6.45) is 3.02. The average molecular weight is 373 g/mol. The molecule has 140 valence electrons. The van der Waals surface area contributed by atoms with Crippen molar-refractivity contribution in [2.24, 2.45) is 5.41 Å². The van der Waals surface area contributed by atoms with Gasteiger partial charge in [-0.1, -0.05) is 17.9 Å². The van der Waals surface area contributed by atoms with Crippen LogP contribution in [0.15, 0.2) is 47.3 Å². The van der Waals surface area contributed by atoms with Crippen molar-refractivity contribution < 1.29 is 4.39 Å². The molecule has 2 aliphatic heterocycles. The number of fused-ring (bicyclic) bond motifs is 2. The molecule has 0 aliphatic carbocycles. The molecular formula is C23H20FN3O. The Kier molecular flexibility index (Phi) is 4.03. The number of aromatic nitrogens is 2. The summed E-state index contributed by atoms with van der Waals surface area (Å²) in [5.74, 6) is 6.60. The van der Waals surface area contributed by atoms with Crippen LogP contribution in [0.25, 0.3) is 10.9 Å².